The van der Waals surface area contributed by atoms with Gasteiger partial charge in [0.1, 0.15) is 0 Å². The molecule has 1 aliphatic rings. The lowest BCUT2D eigenvalue weighted by molar-refractivity contribution is 0.200. The summed E-state index contributed by atoms with van der Waals surface area (Å²) in [4.78, 5) is 3.01. The van der Waals surface area contributed by atoms with Gasteiger partial charge in [-0.05, 0) is 59.9 Å². The summed E-state index contributed by atoms with van der Waals surface area (Å²) in [5.41, 5.74) is 1.87. The topological polar surface area (TPSA) is 61.4 Å². The Bertz CT molecular complexity index is 598. The number of sulfonamides is 1. The molecule has 1 heterocycles. The zero-order valence-electron chi connectivity index (χ0n) is 12.4. The largest absolute Gasteiger partial charge is 0.316 e. The van der Waals surface area contributed by atoms with Gasteiger partial charge >= 0.3 is 0 Å². The summed E-state index contributed by atoms with van der Waals surface area (Å²) in [6.45, 7) is 4.08. The highest BCUT2D eigenvalue weighted by Gasteiger charge is 2.23. The van der Waals surface area contributed by atoms with E-state index in [0.717, 1.165) is 37.1 Å². The number of rotatable bonds is 5. The van der Waals surface area contributed by atoms with Gasteiger partial charge < -0.3 is 5.32 Å². The number of benzene rings is 1. The number of halogens is 1. The van der Waals surface area contributed by atoms with Crippen LogP contribution in [0.2, 0.25) is 0 Å². The van der Waals surface area contributed by atoms with Crippen LogP contribution in [-0.2, 0) is 16.6 Å². The minimum absolute atomic E-state index is 0.304. The lowest BCUT2D eigenvalue weighted by Crippen LogP contribution is -2.45. The molecule has 0 radical (unpaired) electrons. The molecule has 1 aromatic rings. The molecular weight excluding hydrogens is 354 g/mol. The molecule has 21 heavy (non-hydrogen) atoms. The van der Waals surface area contributed by atoms with Crippen LogP contribution in [0, 0.1) is 6.92 Å². The number of aryl methyl sites for hydroxylation is 1. The summed E-state index contributed by atoms with van der Waals surface area (Å²) in [5, 5.41) is 4.85. The second-order valence-corrected chi connectivity index (χ2v) is 7.82. The molecule has 0 saturated carbocycles. The molecule has 0 spiro atoms. The quantitative estimate of drug-likeness (QED) is 0.827. The molecule has 5 nitrogen and oxygen atoms in total. The number of nitrogens with one attached hydrogen (secondary N) is 2. The van der Waals surface area contributed by atoms with E-state index in [2.05, 4.69) is 26.1 Å². The van der Waals surface area contributed by atoms with E-state index in [4.69, 9.17) is 0 Å². The van der Waals surface area contributed by atoms with Gasteiger partial charge in [0.05, 0.1) is 4.90 Å². The Morgan fingerprint density at radius 2 is 1.90 bits per heavy atom. The molecule has 2 N–H and O–H groups in total. The van der Waals surface area contributed by atoms with Crippen molar-refractivity contribution in [2.24, 2.45) is 0 Å². The SMILES string of the molecule is CNCc1cc(C)c(Br)c(S(=O)(=O)NN2CCCCC2)c1. The number of hydrazine groups is 1. The van der Waals surface area contributed by atoms with Gasteiger partial charge in [0, 0.05) is 24.1 Å². The van der Waals surface area contributed by atoms with E-state index in [1.165, 1.54) is 6.42 Å². The fraction of sp³-hybridized carbons (Fsp3) is 0.571. The van der Waals surface area contributed by atoms with Crippen LogP contribution in [0.3, 0.4) is 0 Å². The molecule has 0 amide bonds. The van der Waals surface area contributed by atoms with Crippen molar-refractivity contribution in [2.45, 2.75) is 37.6 Å². The average Bonchev–Trinajstić information content (AvgIpc) is 2.43. The van der Waals surface area contributed by atoms with Crippen LogP contribution in [0.25, 0.3) is 0 Å². The molecule has 118 valence electrons. The highest BCUT2D eigenvalue weighted by atomic mass is 79.9. The second kappa shape index (κ2) is 7.19. The lowest BCUT2D eigenvalue weighted by Gasteiger charge is -2.27. The van der Waals surface area contributed by atoms with Gasteiger partial charge in [0.25, 0.3) is 10.0 Å². The highest BCUT2D eigenvalue weighted by molar-refractivity contribution is 9.10. The fourth-order valence-corrected chi connectivity index (χ4v) is 4.71. The van der Waals surface area contributed by atoms with E-state index >= 15 is 0 Å². The average molecular weight is 376 g/mol. The van der Waals surface area contributed by atoms with Gasteiger partial charge in [-0.3, -0.25) is 0 Å². The highest BCUT2D eigenvalue weighted by Crippen LogP contribution is 2.27. The maximum atomic E-state index is 12.6. The molecule has 7 heteroatoms. The number of nitrogens with zero attached hydrogens (tertiary/aromatic N) is 1. The minimum atomic E-state index is -3.55. The first-order valence-corrected chi connectivity index (χ1v) is 9.42. The molecule has 0 atom stereocenters. The first kappa shape index (κ1) is 16.9. The molecule has 1 saturated heterocycles. The van der Waals surface area contributed by atoms with Crippen molar-refractivity contribution in [3.63, 3.8) is 0 Å². The van der Waals surface area contributed by atoms with Crippen molar-refractivity contribution in [2.75, 3.05) is 20.1 Å². The normalized spacial score (nSPS) is 17.1. The first-order chi connectivity index (χ1) is 9.94. The van der Waals surface area contributed by atoms with Crippen molar-refractivity contribution < 1.29 is 8.42 Å². The summed E-state index contributed by atoms with van der Waals surface area (Å²) >= 11 is 3.41. The smallest absolute Gasteiger partial charge is 0.254 e. The third-order valence-electron chi connectivity index (χ3n) is 3.56. The molecular formula is C14H22BrN3O2S. The monoisotopic (exact) mass is 375 g/mol. The maximum Gasteiger partial charge on any atom is 0.254 e. The Balaban J connectivity index is 2.29. The molecule has 1 aliphatic heterocycles. The summed E-state index contributed by atoms with van der Waals surface area (Å²) in [5.74, 6) is 0. The number of hydrogen-bond donors (Lipinski definition) is 2. The van der Waals surface area contributed by atoms with Gasteiger partial charge in [-0.15, -0.1) is 4.83 Å². The standard InChI is InChI=1S/C14H22BrN3O2S/c1-11-8-12(10-16-2)9-13(14(11)15)21(19,20)17-18-6-4-3-5-7-18/h8-9,16-17H,3-7,10H2,1-2H3. The Hall–Kier alpha value is -0.470. The van der Waals surface area contributed by atoms with Gasteiger partial charge in [-0.25, -0.2) is 13.4 Å². The van der Waals surface area contributed by atoms with Gasteiger partial charge in [0.15, 0.2) is 0 Å². The van der Waals surface area contributed by atoms with Gasteiger partial charge in [0.2, 0.25) is 0 Å². The van der Waals surface area contributed by atoms with Crippen molar-refractivity contribution >= 4 is 26.0 Å². The number of piperidine rings is 1. The molecule has 1 aromatic carbocycles. The zero-order valence-corrected chi connectivity index (χ0v) is 14.8. The Kier molecular flexibility index (Phi) is 5.79. The molecule has 0 aliphatic carbocycles. The summed E-state index contributed by atoms with van der Waals surface area (Å²) < 4.78 is 25.9. The fourth-order valence-electron chi connectivity index (χ4n) is 2.52. The lowest BCUT2D eigenvalue weighted by atomic mass is 10.1. The predicted octanol–water partition coefficient (Wildman–Crippen LogP) is 2.16. The minimum Gasteiger partial charge on any atom is -0.316 e. The van der Waals surface area contributed by atoms with Crippen molar-refractivity contribution in [3.05, 3.63) is 27.7 Å². The third-order valence-corrected chi connectivity index (χ3v) is 6.27. The summed E-state index contributed by atoms with van der Waals surface area (Å²) in [6, 6.07) is 3.71. The molecule has 2 rings (SSSR count). The number of hydrogen-bond acceptors (Lipinski definition) is 4. The van der Waals surface area contributed by atoms with Gasteiger partial charge in [-0.2, -0.15) is 0 Å². The maximum absolute atomic E-state index is 12.6. The van der Waals surface area contributed by atoms with Gasteiger partial charge in [-0.1, -0.05) is 12.5 Å². The van der Waals surface area contributed by atoms with E-state index < -0.39 is 10.0 Å². The Morgan fingerprint density at radius 1 is 1.24 bits per heavy atom. The van der Waals surface area contributed by atoms with Crippen LogP contribution in [0.15, 0.2) is 21.5 Å². The molecule has 0 aromatic heterocycles. The summed E-state index contributed by atoms with van der Waals surface area (Å²) in [7, 11) is -1.71. The summed E-state index contributed by atoms with van der Waals surface area (Å²) in [6.07, 6.45) is 3.23. The molecule has 0 bridgehead atoms. The van der Waals surface area contributed by atoms with Crippen LogP contribution >= 0.6 is 15.9 Å². The van der Waals surface area contributed by atoms with Crippen molar-refractivity contribution in [1.82, 2.24) is 15.2 Å². The third kappa shape index (κ3) is 4.26. The Morgan fingerprint density at radius 3 is 2.52 bits per heavy atom. The van der Waals surface area contributed by atoms with Crippen LogP contribution in [-0.4, -0.2) is 33.6 Å². The predicted molar refractivity (Wildman–Crippen MR) is 87.4 cm³/mol. The van der Waals surface area contributed by atoms with Crippen LogP contribution in [0.5, 0.6) is 0 Å². The zero-order chi connectivity index (χ0) is 15.5. The van der Waals surface area contributed by atoms with E-state index in [1.54, 1.807) is 11.1 Å². The van der Waals surface area contributed by atoms with E-state index in [9.17, 15) is 8.42 Å². The van der Waals surface area contributed by atoms with Crippen molar-refractivity contribution in [3.8, 4) is 0 Å². The van der Waals surface area contributed by atoms with E-state index in [1.807, 2.05) is 20.0 Å². The van der Waals surface area contributed by atoms with E-state index in [0.29, 0.717) is 15.9 Å². The van der Waals surface area contributed by atoms with Crippen LogP contribution in [0.1, 0.15) is 30.4 Å². The Labute approximate surface area is 135 Å². The van der Waals surface area contributed by atoms with Crippen molar-refractivity contribution in [1.29, 1.82) is 0 Å². The van der Waals surface area contributed by atoms with Crippen LogP contribution < -0.4 is 10.1 Å². The first-order valence-electron chi connectivity index (χ1n) is 7.15. The van der Waals surface area contributed by atoms with E-state index in [-0.39, 0.29) is 0 Å². The van der Waals surface area contributed by atoms with Crippen LogP contribution in [0.4, 0.5) is 0 Å². The molecule has 0 unspecified atom stereocenters. The molecule has 1 fully saturated rings. The second-order valence-electron chi connectivity index (χ2n) is 5.40.